The minimum Gasteiger partial charge on any atom is -0.368 e. The highest BCUT2D eigenvalue weighted by Crippen LogP contribution is 2.02. The van der Waals surface area contributed by atoms with Crippen LogP contribution in [0.15, 0.2) is 6.20 Å². The predicted octanol–water partition coefficient (Wildman–Crippen LogP) is -1.70. The van der Waals surface area contributed by atoms with Gasteiger partial charge in [0.15, 0.2) is 0 Å². The molecule has 0 radical (unpaired) electrons. The summed E-state index contributed by atoms with van der Waals surface area (Å²) >= 11 is 0. The van der Waals surface area contributed by atoms with Crippen molar-refractivity contribution in [2.24, 2.45) is 18.5 Å². The molecule has 1 heterocycles. The molecular formula is C5H9N5O. The summed E-state index contributed by atoms with van der Waals surface area (Å²) in [6, 6.07) is -0.858. The lowest BCUT2D eigenvalue weighted by Crippen LogP contribution is -2.28. The Morgan fingerprint density at radius 1 is 1.82 bits per heavy atom. The first-order chi connectivity index (χ1) is 5.11. The van der Waals surface area contributed by atoms with E-state index in [1.165, 1.54) is 11.0 Å². The van der Waals surface area contributed by atoms with Crippen molar-refractivity contribution >= 4 is 5.91 Å². The molecule has 6 heteroatoms. The molecule has 0 aliphatic rings. The first-order valence-electron chi connectivity index (χ1n) is 3.02. The van der Waals surface area contributed by atoms with Gasteiger partial charge in [0.2, 0.25) is 5.91 Å². The van der Waals surface area contributed by atoms with Crippen LogP contribution < -0.4 is 11.5 Å². The van der Waals surface area contributed by atoms with Crippen molar-refractivity contribution in [3.63, 3.8) is 0 Å². The Morgan fingerprint density at radius 2 is 2.45 bits per heavy atom. The molecule has 4 N–H and O–H groups in total. The molecular weight excluding hydrogens is 146 g/mol. The van der Waals surface area contributed by atoms with Crippen LogP contribution in [-0.4, -0.2) is 20.9 Å². The largest absolute Gasteiger partial charge is 0.368 e. The van der Waals surface area contributed by atoms with E-state index in [2.05, 4.69) is 10.2 Å². The summed E-state index contributed by atoms with van der Waals surface area (Å²) in [7, 11) is 1.64. The maximum atomic E-state index is 10.5. The zero-order valence-electron chi connectivity index (χ0n) is 6.06. The van der Waals surface area contributed by atoms with E-state index < -0.39 is 11.9 Å². The van der Waals surface area contributed by atoms with Gasteiger partial charge in [-0.05, 0) is 0 Å². The lowest BCUT2D eigenvalue weighted by atomic mass is 10.2. The number of aryl methyl sites for hydroxylation is 1. The zero-order chi connectivity index (χ0) is 8.43. The Morgan fingerprint density at radius 3 is 2.82 bits per heavy atom. The van der Waals surface area contributed by atoms with Crippen molar-refractivity contribution in [1.29, 1.82) is 0 Å². The lowest BCUT2D eigenvalue weighted by molar-refractivity contribution is -0.119. The van der Waals surface area contributed by atoms with Gasteiger partial charge >= 0.3 is 0 Å². The Hall–Kier alpha value is -1.43. The second kappa shape index (κ2) is 2.67. The van der Waals surface area contributed by atoms with Crippen molar-refractivity contribution in [2.45, 2.75) is 6.04 Å². The number of carbonyl (C=O) groups excluding carboxylic acids is 1. The van der Waals surface area contributed by atoms with E-state index in [1.54, 1.807) is 7.05 Å². The molecule has 0 aliphatic heterocycles. The topological polar surface area (TPSA) is 99.8 Å². The Bertz CT molecular complexity index is 268. The van der Waals surface area contributed by atoms with Gasteiger partial charge in [-0.1, -0.05) is 0 Å². The summed E-state index contributed by atoms with van der Waals surface area (Å²) in [4.78, 5) is 11.8. The molecule has 0 spiro atoms. The van der Waals surface area contributed by atoms with Gasteiger partial charge in [-0.3, -0.25) is 4.79 Å². The van der Waals surface area contributed by atoms with Gasteiger partial charge in [0.1, 0.15) is 11.7 Å². The fourth-order valence-corrected chi connectivity index (χ4v) is 0.650. The summed E-state index contributed by atoms with van der Waals surface area (Å²) in [5, 5.41) is 7.55. The Balaban J connectivity index is 2.84. The maximum Gasteiger partial charge on any atom is 0.240 e. The molecule has 11 heavy (non-hydrogen) atoms. The minimum absolute atomic E-state index is 0.389. The van der Waals surface area contributed by atoms with Crippen LogP contribution in [0.4, 0.5) is 0 Å². The summed E-state index contributed by atoms with van der Waals surface area (Å²) in [5.74, 6) is -0.606. The SMILES string of the molecule is Cn1ncc(C(N)C(N)=O)n1. The molecule has 0 saturated carbocycles. The number of nitrogens with zero attached hydrogens (tertiary/aromatic N) is 3. The van der Waals surface area contributed by atoms with Gasteiger partial charge in [-0.15, -0.1) is 0 Å². The minimum atomic E-state index is -0.858. The first kappa shape index (κ1) is 7.67. The normalized spacial score (nSPS) is 12.9. The average Bonchev–Trinajstić information content (AvgIpc) is 2.34. The molecule has 1 atom stereocenters. The molecule has 6 nitrogen and oxygen atoms in total. The van der Waals surface area contributed by atoms with E-state index in [1.807, 2.05) is 0 Å². The highest BCUT2D eigenvalue weighted by molar-refractivity contribution is 5.80. The number of nitrogens with two attached hydrogens (primary N) is 2. The van der Waals surface area contributed by atoms with Crippen LogP contribution in [0.2, 0.25) is 0 Å². The van der Waals surface area contributed by atoms with Gasteiger partial charge in [-0.2, -0.15) is 15.0 Å². The van der Waals surface area contributed by atoms with Crippen LogP contribution in [0.25, 0.3) is 0 Å². The number of aromatic nitrogens is 3. The summed E-state index contributed by atoms with van der Waals surface area (Å²) in [6.07, 6.45) is 1.41. The fourth-order valence-electron chi connectivity index (χ4n) is 0.650. The summed E-state index contributed by atoms with van der Waals surface area (Å²) in [6.45, 7) is 0. The molecule has 60 valence electrons. The van der Waals surface area contributed by atoms with Gasteiger partial charge in [0.05, 0.1) is 6.20 Å². The third kappa shape index (κ3) is 1.53. The van der Waals surface area contributed by atoms with E-state index in [9.17, 15) is 4.79 Å². The number of carbonyl (C=O) groups is 1. The molecule has 0 aromatic carbocycles. The second-order valence-corrected chi connectivity index (χ2v) is 2.14. The third-order valence-corrected chi connectivity index (χ3v) is 1.24. The highest BCUT2D eigenvalue weighted by atomic mass is 16.1. The van der Waals surface area contributed by atoms with Crippen LogP contribution >= 0.6 is 0 Å². The smallest absolute Gasteiger partial charge is 0.240 e. The number of amides is 1. The molecule has 1 aromatic heterocycles. The monoisotopic (exact) mass is 155 g/mol. The molecule has 0 bridgehead atoms. The third-order valence-electron chi connectivity index (χ3n) is 1.24. The van der Waals surface area contributed by atoms with E-state index in [-0.39, 0.29) is 0 Å². The first-order valence-corrected chi connectivity index (χ1v) is 3.02. The second-order valence-electron chi connectivity index (χ2n) is 2.14. The molecule has 1 aromatic rings. The summed E-state index contributed by atoms with van der Waals surface area (Å²) < 4.78 is 0. The van der Waals surface area contributed by atoms with Crippen LogP contribution in [-0.2, 0) is 11.8 Å². The Labute approximate surface area is 63.2 Å². The number of hydrogen-bond donors (Lipinski definition) is 2. The van der Waals surface area contributed by atoms with Crippen molar-refractivity contribution in [3.8, 4) is 0 Å². The molecule has 1 unspecified atom stereocenters. The van der Waals surface area contributed by atoms with Crippen LogP contribution in [0.5, 0.6) is 0 Å². The van der Waals surface area contributed by atoms with Gasteiger partial charge < -0.3 is 11.5 Å². The summed E-state index contributed by atoms with van der Waals surface area (Å²) in [5.41, 5.74) is 10.7. The van der Waals surface area contributed by atoms with Gasteiger partial charge in [0, 0.05) is 7.05 Å². The molecule has 1 rings (SSSR count). The molecule has 0 fully saturated rings. The number of hydrogen-bond acceptors (Lipinski definition) is 4. The maximum absolute atomic E-state index is 10.5. The number of primary amides is 1. The quantitative estimate of drug-likeness (QED) is 0.531. The van der Waals surface area contributed by atoms with Crippen molar-refractivity contribution in [3.05, 3.63) is 11.9 Å². The van der Waals surface area contributed by atoms with Crippen molar-refractivity contribution in [2.75, 3.05) is 0 Å². The number of rotatable bonds is 2. The standard InChI is InChI=1S/C5H9N5O/c1-10-8-2-3(9-10)4(6)5(7)11/h2,4H,6H2,1H3,(H2,7,11). The highest BCUT2D eigenvalue weighted by Gasteiger charge is 2.14. The van der Waals surface area contributed by atoms with E-state index in [4.69, 9.17) is 11.5 Å². The van der Waals surface area contributed by atoms with Crippen molar-refractivity contribution in [1.82, 2.24) is 15.0 Å². The predicted molar refractivity (Wildman–Crippen MR) is 37.1 cm³/mol. The Kier molecular flexibility index (Phi) is 1.86. The average molecular weight is 155 g/mol. The van der Waals surface area contributed by atoms with E-state index >= 15 is 0 Å². The molecule has 1 amide bonds. The van der Waals surface area contributed by atoms with Crippen LogP contribution in [0, 0.1) is 0 Å². The van der Waals surface area contributed by atoms with Crippen LogP contribution in [0.1, 0.15) is 11.7 Å². The van der Waals surface area contributed by atoms with E-state index in [0.29, 0.717) is 5.69 Å². The van der Waals surface area contributed by atoms with Crippen molar-refractivity contribution < 1.29 is 4.79 Å². The zero-order valence-corrected chi connectivity index (χ0v) is 6.06. The van der Waals surface area contributed by atoms with Crippen LogP contribution in [0.3, 0.4) is 0 Å². The molecule has 0 aliphatic carbocycles. The van der Waals surface area contributed by atoms with Gasteiger partial charge in [0.25, 0.3) is 0 Å². The fraction of sp³-hybridized carbons (Fsp3) is 0.400. The molecule has 0 saturated heterocycles. The van der Waals surface area contributed by atoms with E-state index in [0.717, 1.165) is 0 Å². The van der Waals surface area contributed by atoms with Gasteiger partial charge in [-0.25, -0.2) is 0 Å². The lowest BCUT2D eigenvalue weighted by Gasteiger charge is -1.99.